The van der Waals surface area contributed by atoms with E-state index in [9.17, 15) is 4.79 Å². The smallest absolute Gasteiger partial charge is 0.227 e. The average Bonchev–Trinajstić information content (AvgIpc) is 2.79. The summed E-state index contributed by atoms with van der Waals surface area (Å²) >= 11 is 0. The summed E-state index contributed by atoms with van der Waals surface area (Å²) in [6.45, 7) is 7.88. The Bertz CT molecular complexity index is 815. The van der Waals surface area contributed by atoms with Crippen molar-refractivity contribution >= 4 is 11.6 Å². The molecule has 1 amide bonds. The number of aryl methyl sites for hydroxylation is 1. The van der Waals surface area contributed by atoms with Crippen molar-refractivity contribution in [2.75, 3.05) is 38.7 Å². The lowest BCUT2D eigenvalue weighted by molar-refractivity contribution is -0.121. The van der Waals surface area contributed by atoms with Gasteiger partial charge in [-0.05, 0) is 68.9 Å². The number of nitrogens with one attached hydrogen (secondary N) is 1. The first-order chi connectivity index (χ1) is 15.0. The maximum Gasteiger partial charge on any atom is 0.227 e. The highest BCUT2D eigenvalue weighted by Gasteiger charge is 2.25. The zero-order chi connectivity index (χ0) is 22.1. The van der Waals surface area contributed by atoms with Crippen molar-refractivity contribution in [2.45, 2.75) is 39.5 Å². The molecule has 31 heavy (non-hydrogen) atoms. The minimum absolute atomic E-state index is 0.0625. The maximum absolute atomic E-state index is 12.8. The molecule has 0 radical (unpaired) electrons. The van der Waals surface area contributed by atoms with Gasteiger partial charge in [-0.3, -0.25) is 4.79 Å². The SMILES string of the molecule is COc1ccc(NC(=O)C2CCN(CCCc3ccccc3)CC2)cc1OCC(C)C. The molecule has 0 aliphatic carbocycles. The minimum Gasteiger partial charge on any atom is -0.493 e. The zero-order valence-electron chi connectivity index (χ0n) is 19.1. The van der Waals surface area contributed by atoms with E-state index < -0.39 is 0 Å². The number of anilines is 1. The molecule has 168 valence electrons. The Hall–Kier alpha value is -2.53. The van der Waals surface area contributed by atoms with Crippen molar-refractivity contribution in [3.8, 4) is 11.5 Å². The Balaban J connectivity index is 1.44. The van der Waals surface area contributed by atoms with Crippen LogP contribution in [0.5, 0.6) is 11.5 Å². The van der Waals surface area contributed by atoms with Crippen molar-refractivity contribution in [3.63, 3.8) is 0 Å². The highest BCUT2D eigenvalue weighted by Crippen LogP contribution is 2.31. The molecule has 1 aliphatic heterocycles. The molecule has 0 bridgehead atoms. The molecule has 0 atom stereocenters. The first-order valence-electron chi connectivity index (χ1n) is 11.4. The molecule has 0 saturated carbocycles. The second-order valence-corrected chi connectivity index (χ2v) is 8.76. The standard InChI is InChI=1S/C26H36N2O3/c1-20(2)19-31-25-18-23(11-12-24(25)30-3)27-26(29)22-13-16-28(17-14-22)15-7-10-21-8-5-4-6-9-21/h4-6,8-9,11-12,18,20,22H,7,10,13-17,19H2,1-3H3,(H,27,29). The predicted molar refractivity (Wildman–Crippen MR) is 126 cm³/mol. The van der Waals surface area contributed by atoms with Crippen LogP contribution >= 0.6 is 0 Å². The lowest BCUT2D eigenvalue weighted by atomic mass is 9.95. The second-order valence-electron chi connectivity index (χ2n) is 8.76. The molecule has 0 spiro atoms. The molecule has 1 saturated heterocycles. The number of amides is 1. The molecule has 3 rings (SSSR count). The van der Waals surface area contributed by atoms with Crippen LogP contribution in [0.25, 0.3) is 0 Å². The Kier molecular flexibility index (Phi) is 8.77. The quantitative estimate of drug-likeness (QED) is 0.582. The van der Waals surface area contributed by atoms with Crippen LogP contribution in [0.4, 0.5) is 5.69 Å². The summed E-state index contributed by atoms with van der Waals surface area (Å²) in [4.78, 5) is 15.3. The topological polar surface area (TPSA) is 50.8 Å². The van der Waals surface area contributed by atoms with Crippen LogP contribution < -0.4 is 14.8 Å². The van der Waals surface area contributed by atoms with Crippen LogP contribution in [0.1, 0.15) is 38.7 Å². The molecule has 0 aromatic heterocycles. The van der Waals surface area contributed by atoms with Gasteiger partial charge in [-0.25, -0.2) is 0 Å². The van der Waals surface area contributed by atoms with E-state index in [2.05, 4.69) is 54.4 Å². The molecule has 5 heteroatoms. The van der Waals surface area contributed by atoms with Gasteiger partial charge in [0.05, 0.1) is 13.7 Å². The fraction of sp³-hybridized carbons (Fsp3) is 0.500. The summed E-state index contributed by atoms with van der Waals surface area (Å²) in [5.41, 5.74) is 2.16. The van der Waals surface area contributed by atoms with Gasteiger partial charge in [-0.15, -0.1) is 0 Å². The summed E-state index contributed by atoms with van der Waals surface area (Å²) < 4.78 is 11.2. The van der Waals surface area contributed by atoms with Crippen molar-refractivity contribution < 1.29 is 14.3 Å². The molecule has 1 aliphatic rings. The van der Waals surface area contributed by atoms with Crippen LogP contribution in [0.2, 0.25) is 0 Å². The largest absolute Gasteiger partial charge is 0.493 e. The third kappa shape index (κ3) is 7.28. The minimum atomic E-state index is 0.0625. The van der Waals surface area contributed by atoms with Crippen LogP contribution in [-0.4, -0.2) is 44.2 Å². The number of hydrogen-bond acceptors (Lipinski definition) is 4. The van der Waals surface area contributed by atoms with E-state index in [1.165, 1.54) is 5.56 Å². The third-order valence-corrected chi connectivity index (χ3v) is 5.74. The number of rotatable bonds is 10. The number of carbonyl (C=O) groups excluding carboxylic acids is 1. The van der Waals surface area contributed by atoms with Crippen LogP contribution in [-0.2, 0) is 11.2 Å². The van der Waals surface area contributed by atoms with Crippen molar-refractivity contribution in [1.82, 2.24) is 4.90 Å². The van der Waals surface area contributed by atoms with Crippen LogP contribution in [0.15, 0.2) is 48.5 Å². The molecular formula is C26H36N2O3. The third-order valence-electron chi connectivity index (χ3n) is 5.74. The molecule has 1 heterocycles. The van der Waals surface area contributed by atoms with Gasteiger partial charge in [0, 0.05) is 17.7 Å². The number of nitrogens with zero attached hydrogens (tertiary/aromatic N) is 1. The van der Waals surface area contributed by atoms with Crippen molar-refractivity contribution in [2.24, 2.45) is 11.8 Å². The summed E-state index contributed by atoms with van der Waals surface area (Å²) in [7, 11) is 1.63. The van der Waals surface area contributed by atoms with Crippen LogP contribution in [0.3, 0.4) is 0 Å². The van der Waals surface area contributed by atoms with E-state index in [1.807, 2.05) is 18.2 Å². The lowest BCUT2D eigenvalue weighted by Crippen LogP contribution is -2.38. The van der Waals surface area contributed by atoms with Gasteiger partial charge in [-0.1, -0.05) is 44.2 Å². The molecular weight excluding hydrogens is 388 g/mol. The summed E-state index contributed by atoms with van der Waals surface area (Å²) in [6, 6.07) is 16.2. The Morgan fingerprint density at radius 3 is 2.52 bits per heavy atom. The van der Waals surface area contributed by atoms with E-state index in [1.54, 1.807) is 7.11 Å². The van der Waals surface area contributed by atoms with Crippen molar-refractivity contribution in [3.05, 3.63) is 54.1 Å². The summed E-state index contributed by atoms with van der Waals surface area (Å²) in [5.74, 6) is 1.93. The molecule has 1 fully saturated rings. The van der Waals surface area contributed by atoms with Gasteiger partial charge in [0.15, 0.2) is 11.5 Å². The fourth-order valence-electron chi connectivity index (χ4n) is 3.94. The highest BCUT2D eigenvalue weighted by atomic mass is 16.5. The maximum atomic E-state index is 12.8. The highest BCUT2D eigenvalue weighted by molar-refractivity contribution is 5.93. The van der Waals surface area contributed by atoms with E-state index in [4.69, 9.17) is 9.47 Å². The number of benzene rings is 2. The van der Waals surface area contributed by atoms with E-state index in [0.717, 1.165) is 51.0 Å². The number of piperidine rings is 1. The van der Waals surface area contributed by atoms with E-state index in [-0.39, 0.29) is 11.8 Å². The summed E-state index contributed by atoms with van der Waals surface area (Å²) in [6.07, 6.45) is 4.08. The van der Waals surface area contributed by atoms with Gasteiger partial charge in [-0.2, -0.15) is 0 Å². The van der Waals surface area contributed by atoms with Gasteiger partial charge in [0.1, 0.15) is 0 Å². The number of ether oxygens (including phenoxy) is 2. The molecule has 5 nitrogen and oxygen atoms in total. The van der Waals surface area contributed by atoms with Gasteiger partial charge < -0.3 is 19.7 Å². The predicted octanol–water partition coefficient (Wildman–Crippen LogP) is 5.01. The average molecular weight is 425 g/mol. The normalized spacial score (nSPS) is 15.1. The van der Waals surface area contributed by atoms with Crippen molar-refractivity contribution in [1.29, 1.82) is 0 Å². The Morgan fingerprint density at radius 1 is 1.10 bits per heavy atom. The van der Waals surface area contributed by atoms with Gasteiger partial charge in [0.2, 0.25) is 5.91 Å². The number of methoxy groups -OCH3 is 1. The molecule has 0 unspecified atom stereocenters. The number of carbonyl (C=O) groups is 1. The number of likely N-dealkylation sites (tertiary alicyclic amines) is 1. The first-order valence-corrected chi connectivity index (χ1v) is 11.4. The first kappa shape index (κ1) is 23.1. The lowest BCUT2D eigenvalue weighted by Gasteiger charge is -2.31. The van der Waals surface area contributed by atoms with Gasteiger partial charge >= 0.3 is 0 Å². The van der Waals surface area contributed by atoms with Gasteiger partial charge in [0.25, 0.3) is 0 Å². The molecule has 1 N–H and O–H groups in total. The van der Waals surface area contributed by atoms with E-state index in [0.29, 0.717) is 24.0 Å². The second kappa shape index (κ2) is 11.8. The summed E-state index contributed by atoms with van der Waals surface area (Å²) in [5, 5.41) is 3.08. The van der Waals surface area contributed by atoms with E-state index >= 15 is 0 Å². The number of hydrogen-bond donors (Lipinski definition) is 1. The molecule has 2 aromatic carbocycles. The monoisotopic (exact) mass is 424 g/mol. The zero-order valence-corrected chi connectivity index (χ0v) is 19.1. The van der Waals surface area contributed by atoms with Crippen LogP contribution in [0, 0.1) is 11.8 Å². The molecule has 2 aromatic rings. The Morgan fingerprint density at radius 2 is 1.84 bits per heavy atom. The Labute approximate surface area is 186 Å². The fourth-order valence-corrected chi connectivity index (χ4v) is 3.94.